The molecule has 166 valence electrons. The maximum atomic E-state index is 12.5. The molecule has 31 heavy (non-hydrogen) atoms. The minimum atomic E-state index is -2.52. The van der Waals surface area contributed by atoms with E-state index < -0.39 is 19.1 Å². The molecule has 0 saturated heterocycles. The number of pyridine rings is 1. The summed E-state index contributed by atoms with van der Waals surface area (Å²) in [6.07, 6.45) is 0.400. The van der Waals surface area contributed by atoms with E-state index in [0.29, 0.717) is 18.0 Å². The third kappa shape index (κ3) is 5.97. The zero-order chi connectivity index (χ0) is 22.5. The summed E-state index contributed by atoms with van der Waals surface area (Å²) in [5, 5.41) is 17.3. The Balaban J connectivity index is 1.78. The van der Waals surface area contributed by atoms with Gasteiger partial charge in [-0.05, 0) is 43.5 Å². The SMILES string of the molecule is Cc1cc(Cn2cc3c(CC(=O)NC[C@H](C)O)nccc3n2)cc(C)c1OCC(F)F. The second-order valence-electron chi connectivity index (χ2n) is 7.61. The Labute approximate surface area is 179 Å². The first-order valence-corrected chi connectivity index (χ1v) is 9.99. The lowest BCUT2D eigenvalue weighted by molar-refractivity contribution is -0.120. The molecule has 0 bridgehead atoms. The van der Waals surface area contributed by atoms with Gasteiger partial charge in [0.15, 0.2) is 0 Å². The molecule has 0 aliphatic rings. The summed E-state index contributed by atoms with van der Waals surface area (Å²) < 4.78 is 31.9. The number of fused-ring (bicyclic) bond motifs is 1. The van der Waals surface area contributed by atoms with Gasteiger partial charge in [-0.25, -0.2) is 8.78 Å². The van der Waals surface area contributed by atoms with Crippen LogP contribution in [0.4, 0.5) is 8.78 Å². The molecule has 1 atom stereocenters. The van der Waals surface area contributed by atoms with Crippen molar-refractivity contribution in [1.82, 2.24) is 20.1 Å². The molecule has 9 heteroatoms. The molecule has 7 nitrogen and oxygen atoms in total. The van der Waals surface area contributed by atoms with Gasteiger partial charge in [0, 0.05) is 24.3 Å². The molecular weight excluding hydrogens is 406 g/mol. The molecule has 0 fully saturated rings. The number of amides is 1. The number of rotatable bonds is 9. The quantitative estimate of drug-likeness (QED) is 0.543. The van der Waals surface area contributed by atoms with E-state index in [1.807, 2.05) is 32.2 Å². The third-order valence-electron chi connectivity index (χ3n) is 4.70. The van der Waals surface area contributed by atoms with Crippen molar-refractivity contribution in [3.05, 3.63) is 53.0 Å². The summed E-state index contributed by atoms with van der Waals surface area (Å²) in [5.74, 6) is 0.253. The number of nitrogens with one attached hydrogen (secondary N) is 1. The number of aliphatic hydroxyl groups is 1. The highest BCUT2D eigenvalue weighted by Crippen LogP contribution is 2.26. The molecule has 3 rings (SSSR count). The van der Waals surface area contributed by atoms with Crippen LogP contribution in [0.25, 0.3) is 10.9 Å². The molecule has 0 spiro atoms. The summed E-state index contributed by atoms with van der Waals surface area (Å²) >= 11 is 0. The van der Waals surface area contributed by atoms with E-state index in [1.54, 1.807) is 23.9 Å². The van der Waals surface area contributed by atoms with Crippen molar-refractivity contribution in [2.75, 3.05) is 13.2 Å². The van der Waals surface area contributed by atoms with Crippen LogP contribution in [-0.4, -0.2) is 51.5 Å². The third-order valence-corrected chi connectivity index (χ3v) is 4.70. The number of carbonyl (C=O) groups is 1. The first-order valence-electron chi connectivity index (χ1n) is 9.99. The predicted molar refractivity (Wildman–Crippen MR) is 112 cm³/mol. The van der Waals surface area contributed by atoms with Gasteiger partial charge in [-0.2, -0.15) is 5.10 Å². The highest BCUT2D eigenvalue weighted by Gasteiger charge is 2.14. The number of hydrogen-bond donors (Lipinski definition) is 2. The number of aromatic nitrogens is 3. The average Bonchev–Trinajstić information content (AvgIpc) is 3.09. The molecule has 0 saturated carbocycles. The van der Waals surface area contributed by atoms with E-state index in [1.165, 1.54) is 0 Å². The van der Waals surface area contributed by atoms with Gasteiger partial charge in [-0.15, -0.1) is 0 Å². The number of benzene rings is 1. The van der Waals surface area contributed by atoms with Crippen molar-refractivity contribution in [1.29, 1.82) is 0 Å². The average molecular weight is 432 g/mol. The van der Waals surface area contributed by atoms with Gasteiger partial charge in [-0.1, -0.05) is 12.1 Å². The summed E-state index contributed by atoms with van der Waals surface area (Å²) in [5.41, 5.74) is 3.85. The normalized spacial score (nSPS) is 12.4. The Bertz CT molecular complexity index is 1040. The lowest BCUT2D eigenvalue weighted by atomic mass is 10.1. The molecule has 2 heterocycles. The molecule has 0 unspecified atom stereocenters. The van der Waals surface area contributed by atoms with Gasteiger partial charge >= 0.3 is 0 Å². The number of halogens is 2. The summed E-state index contributed by atoms with van der Waals surface area (Å²) in [7, 11) is 0. The molecule has 2 aromatic heterocycles. The largest absolute Gasteiger partial charge is 0.487 e. The molecule has 0 radical (unpaired) electrons. The highest BCUT2D eigenvalue weighted by molar-refractivity contribution is 5.86. The predicted octanol–water partition coefficient (Wildman–Crippen LogP) is 2.78. The van der Waals surface area contributed by atoms with Crippen molar-refractivity contribution in [3.8, 4) is 5.75 Å². The van der Waals surface area contributed by atoms with Gasteiger partial charge < -0.3 is 15.2 Å². The van der Waals surface area contributed by atoms with Crippen LogP contribution < -0.4 is 10.1 Å². The fourth-order valence-electron chi connectivity index (χ4n) is 3.44. The Kier molecular flexibility index (Phi) is 7.17. The van der Waals surface area contributed by atoms with Crippen molar-refractivity contribution in [3.63, 3.8) is 0 Å². The van der Waals surface area contributed by atoms with E-state index in [-0.39, 0.29) is 18.9 Å². The number of nitrogens with zero attached hydrogens (tertiary/aromatic N) is 3. The summed E-state index contributed by atoms with van der Waals surface area (Å²) in [6, 6.07) is 5.56. The van der Waals surface area contributed by atoms with Gasteiger partial charge in [-0.3, -0.25) is 14.5 Å². The van der Waals surface area contributed by atoms with Crippen molar-refractivity contribution >= 4 is 16.8 Å². The first kappa shape index (κ1) is 22.6. The Morgan fingerprint density at radius 1 is 1.29 bits per heavy atom. The van der Waals surface area contributed by atoms with Crippen LogP contribution in [0.1, 0.15) is 29.3 Å². The Morgan fingerprint density at radius 2 is 2.00 bits per heavy atom. The molecule has 3 aromatic rings. The van der Waals surface area contributed by atoms with Crippen LogP contribution in [0, 0.1) is 13.8 Å². The number of hydrogen-bond acceptors (Lipinski definition) is 5. The number of alkyl halides is 2. The number of ether oxygens (including phenoxy) is 1. The van der Waals surface area contributed by atoms with E-state index in [2.05, 4.69) is 15.4 Å². The minimum Gasteiger partial charge on any atom is -0.487 e. The van der Waals surface area contributed by atoms with E-state index in [9.17, 15) is 18.7 Å². The second kappa shape index (κ2) is 9.82. The lowest BCUT2D eigenvalue weighted by Crippen LogP contribution is -2.31. The molecule has 2 N–H and O–H groups in total. The smallest absolute Gasteiger partial charge is 0.272 e. The van der Waals surface area contributed by atoms with Gasteiger partial charge in [0.1, 0.15) is 12.4 Å². The van der Waals surface area contributed by atoms with Gasteiger partial charge in [0.05, 0.1) is 30.3 Å². The standard InChI is InChI=1S/C22H26F2N4O3/c1-13-6-16(7-14(2)22(13)31-12-20(23)24)10-28-11-17-18(27-28)4-5-25-19(17)8-21(30)26-9-15(3)29/h4-7,11,15,20,29H,8-10,12H2,1-3H3,(H,26,30)/t15-/m0/s1. The van der Waals surface area contributed by atoms with Crippen LogP contribution in [0.5, 0.6) is 5.75 Å². The van der Waals surface area contributed by atoms with Crippen molar-refractivity contribution < 1.29 is 23.4 Å². The maximum absolute atomic E-state index is 12.5. The van der Waals surface area contributed by atoms with Crippen LogP contribution in [0.2, 0.25) is 0 Å². The Hall–Kier alpha value is -3.07. The number of aryl methyl sites for hydroxylation is 2. The Morgan fingerprint density at radius 3 is 2.65 bits per heavy atom. The monoisotopic (exact) mass is 432 g/mol. The summed E-state index contributed by atoms with van der Waals surface area (Å²) in [4.78, 5) is 16.4. The number of carbonyl (C=O) groups excluding carboxylic acids is 1. The van der Waals surface area contributed by atoms with Gasteiger partial charge in [0.25, 0.3) is 6.43 Å². The first-order chi connectivity index (χ1) is 14.7. The second-order valence-corrected chi connectivity index (χ2v) is 7.61. The topological polar surface area (TPSA) is 89.3 Å². The maximum Gasteiger partial charge on any atom is 0.272 e. The summed E-state index contributed by atoms with van der Waals surface area (Å²) in [6.45, 7) is 5.27. The van der Waals surface area contributed by atoms with E-state index >= 15 is 0 Å². The van der Waals surface area contributed by atoms with Crippen LogP contribution in [0.3, 0.4) is 0 Å². The van der Waals surface area contributed by atoms with Crippen LogP contribution >= 0.6 is 0 Å². The highest BCUT2D eigenvalue weighted by atomic mass is 19.3. The molecular formula is C22H26F2N4O3. The fourth-order valence-corrected chi connectivity index (χ4v) is 3.44. The van der Waals surface area contributed by atoms with Crippen LogP contribution in [0.15, 0.2) is 30.6 Å². The van der Waals surface area contributed by atoms with E-state index in [4.69, 9.17) is 4.74 Å². The lowest BCUT2D eigenvalue weighted by Gasteiger charge is -2.14. The van der Waals surface area contributed by atoms with E-state index in [0.717, 1.165) is 27.6 Å². The minimum absolute atomic E-state index is 0.0874. The fraction of sp³-hybridized carbons (Fsp3) is 0.409. The molecule has 1 aromatic carbocycles. The zero-order valence-corrected chi connectivity index (χ0v) is 17.7. The molecule has 0 aliphatic heterocycles. The number of aliphatic hydroxyl groups excluding tert-OH is 1. The van der Waals surface area contributed by atoms with Gasteiger partial charge in [0.2, 0.25) is 5.91 Å². The molecule has 1 amide bonds. The zero-order valence-electron chi connectivity index (χ0n) is 17.7. The molecule has 0 aliphatic carbocycles. The van der Waals surface area contributed by atoms with Crippen molar-refractivity contribution in [2.24, 2.45) is 0 Å². The van der Waals surface area contributed by atoms with Crippen molar-refractivity contribution in [2.45, 2.75) is 46.3 Å². The van der Waals surface area contributed by atoms with Crippen LogP contribution in [-0.2, 0) is 17.8 Å².